The van der Waals surface area contributed by atoms with Crippen molar-refractivity contribution in [2.45, 2.75) is 32.6 Å². The molecule has 2 aromatic heterocycles. The lowest BCUT2D eigenvalue weighted by Gasteiger charge is -2.31. The molecule has 9 heteroatoms. The predicted octanol–water partition coefficient (Wildman–Crippen LogP) is 0.719. The smallest absolute Gasteiger partial charge is 0.315 e. The van der Waals surface area contributed by atoms with Crippen molar-refractivity contribution in [3.63, 3.8) is 0 Å². The van der Waals surface area contributed by atoms with Crippen molar-refractivity contribution in [2.24, 2.45) is 0 Å². The van der Waals surface area contributed by atoms with E-state index in [1.807, 2.05) is 0 Å². The molecule has 0 radical (unpaired) electrons. The van der Waals surface area contributed by atoms with E-state index in [1.165, 1.54) is 17.0 Å². The van der Waals surface area contributed by atoms with Gasteiger partial charge in [-0.15, -0.1) is 0 Å². The second-order valence-electron chi connectivity index (χ2n) is 6.12. The molecule has 1 unspecified atom stereocenters. The SMILES string of the molecule is Cc1nc(C2CCCN(C(=O)C(=O)Nc3cc(C)on3)C2)cc(=O)[nH]1. The number of aromatic amines is 1. The highest BCUT2D eigenvalue weighted by Gasteiger charge is 2.29. The lowest BCUT2D eigenvalue weighted by molar-refractivity contribution is -0.144. The monoisotopic (exact) mass is 345 g/mol. The number of hydrogen-bond acceptors (Lipinski definition) is 6. The van der Waals surface area contributed by atoms with E-state index in [-0.39, 0.29) is 17.3 Å². The second-order valence-corrected chi connectivity index (χ2v) is 6.12. The van der Waals surface area contributed by atoms with Crippen LogP contribution in [0.5, 0.6) is 0 Å². The molecule has 1 atom stereocenters. The number of nitrogens with zero attached hydrogens (tertiary/aromatic N) is 3. The molecule has 1 aliphatic rings. The number of piperidine rings is 1. The maximum Gasteiger partial charge on any atom is 0.315 e. The molecule has 132 valence electrons. The van der Waals surface area contributed by atoms with Gasteiger partial charge in [0.05, 0.1) is 5.69 Å². The van der Waals surface area contributed by atoms with Crippen LogP contribution < -0.4 is 10.9 Å². The van der Waals surface area contributed by atoms with Crippen molar-refractivity contribution in [3.05, 3.63) is 39.8 Å². The van der Waals surface area contributed by atoms with Gasteiger partial charge in [0.25, 0.3) is 5.56 Å². The van der Waals surface area contributed by atoms with E-state index in [9.17, 15) is 14.4 Å². The Labute approximate surface area is 143 Å². The zero-order valence-electron chi connectivity index (χ0n) is 14.0. The van der Waals surface area contributed by atoms with Crippen LogP contribution in [0.1, 0.15) is 36.0 Å². The number of carbonyl (C=O) groups excluding carboxylic acids is 2. The third kappa shape index (κ3) is 3.93. The summed E-state index contributed by atoms with van der Waals surface area (Å²) >= 11 is 0. The molecule has 0 aliphatic carbocycles. The summed E-state index contributed by atoms with van der Waals surface area (Å²) in [5.74, 6) is -0.186. The predicted molar refractivity (Wildman–Crippen MR) is 88.0 cm³/mol. The van der Waals surface area contributed by atoms with Crippen LogP contribution in [-0.4, -0.2) is 44.9 Å². The molecule has 0 spiro atoms. The maximum atomic E-state index is 12.4. The number of likely N-dealkylation sites (tertiary alicyclic amines) is 1. The molecule has 2 amide bonds. The Morgan fingerprint density at radius 2 is 2.16 bits per heavy atom. The average Bonchev–Trinajstić information content (AvgIpc) is 2.98. The minimum absolute atomic E-state index is 0.0687. The fraction of sp³-hybridized carbons (Fsp3) is 0.438. The zero-order valence-corrected chi connectivity index (χ0v) is 14.0. The summed E-state index contributed by atoms with van der Waals surface area (Å²) in [5, 5.41) is 6.07. The lowest BCUT2D eigenvalue weighted by atomic mass is 9.94. The number of anilines is 1. The van der Waals surface area contributed by atoms with Gasteiger partial charge in [0, 0.05) is 31.1 Å². The second kappa shape index (κ2) is 6.88. The summed E-state index contributed by atoms with van der Waals surface area (Å²) in [6, 6.07) is 2.98. The Kier molecular flexibility index (Phi) is 4.64. The van der Waals surface area contributed by atoms with Crippen molar-refractivity contribution in [1.82, 2.24) is 20.0 Å². The number of nitrogens with one attached hydrogen (secondary N) is 2. The van der Waals surface area contributed by atoms with E-state index in [0.29, 0.717) is 30.4 Å². The highest BCUT2D eigenvalue weighted by Crippen LogP contribution is 2.25. The van der Waals surface area contributed by atoms with Gasteiger partial charge in [-0.05, 0) is 26.7 Å². The summed E-state index contributed by atoms with van der Waals surface area (Å²) in [4.78, 5) is 44.6. The number of aryl methyl sites for hydroxylation is 2. The molecule has 0 bridgehead atoms. The maximum absolute atomic E-state index is 12.4. The minimum Gasteiger partial charge on any atom is -0.360 e. The highest BCUT2D eigenvalue weighted by atomic mass is 16.5. The highest BCUT2D eigenvalue weighted by molar-refractivity contribution is 6.39. The van der Waals surface area contributed by atoms with Crippen molar-refractivity contribution in [2.75, 3.05) is 18.4 Å². The average molecular weight is 345 g/mol. The molecule has 2 aromatic rings. The normalized spacial score (nSPS) is 17.4. The Hall–Kier alpha value is -2.97. The largest absolute Gasteiger partial charge is 0.360 e. The Bertz CT molecular complexity index is 856. The molecule has 2 N–H and O–H groups in total. The standard InChI is InChI=1S/C16H19N5O4/c1-9-6-13(20-25-9)19-15(23)16(24)21-5-3-4-11(8-21)12-7-14(22)18-10(2)17-12/h6-7,11H,3-5,8H2,1-2H3,(H,17,18,22)(H,19,20,23). The van der Waals surface area contributed by atoms with Crippen LogP contribution in [0.4, 0.5) is 5.82 Å². The van der Waals surface area contributed by atoms with Gasteiger partial charge in [-0.3, -0.25) is 19.7 Å². The fourth-order valence-electron chi connectivity index (χ4n) is 2.95. The molecule has 9 nitrogen and oxygen atoms in total. The van der Waals surface area contributed by atoms with Crippen molar-refractivity contribution >= 4 is 17.6 Å². The van der Waals surface area contributed by atoms with Gasteiger partial charge in [0.2, 0.25) is 0 Å². The molecule has 1 saturated heterocycles. The third-order valence-electron chi connectivity index (χ3n) is 4.07. The minimum atomic E-state index is -0.760. The van der Waals surface area contributed by atoms with E-state index in [1.54, 1.807) is 13.8 Å². The van der Waals surface area contributed by atoms with Crippen LogP contribution >= 0.6 is 0 Å². The number of carbonyl (C=O) groups is 2. The van der Waals surface area contributed by atoms with Gasteiger partial charge in [0.15, 0.2) is 5.82 Å². The molecule has 1 aliphatic heterocycles. The first-order valence-electron chi connectivity index (χ1n) is 8.04. The van der Waals surface area contributed by atoms with Gasteiger partial charge in [-0.2, -0.15) is 0 Å². The molecular weight excluding hydrogens is 326 g/mol. The van der Waals surface area contributed by atoms with Crippen molar-refractivity contribution < 1.29 is 14.1 Å². The summed E-state index contributed by atoms with van der Waals surface area (Å²) < 4.78 is 4.86. The van der Waals surface area contributed by atoms with E-state index in [0.717, 1.165) is 12.8 Å². The summed E-state index contributed by atoms with van der Waals surface area (Å²) in [7, 11) is 0. The Balaban J connectivity index is 1.68. The van der Waals surface area contributed by atoms with Gasteiger partial charge < -0.3 is 14.4 Å². The van der Waals surface area contributed by atoms with Crippen LogP contribution in [-0.2, 0) is 9.59 Å². The Morgan fingerprint density at radius 3 is 2.84 bits per heavy atom. The van der Waals surface area contributed by atoms with Crippen LogP contribution in [0.3, 0.4) is 0 Å². The first-order chi connectivity index (χ1) is 11.9. The van der Waals surface area contributed by atoms with Crippen molar-refractivity contribution in [3.8, 4) is 0 Å². The number of hydrogen-bond donors (Lipinski definition) is 2. The number of rotatable bonds is 2. The van der Waals surface area contributed by atoms with Crippen LogP contribution in [0.25, 0.3) is 0 Å². The molecule has 3 rings (SSSR count). The summed E-state index contributed by atoms with van der Waals surface area (Å²) in [6.45, 7) is 4.24. The molecule has 0 aromatic carbocycles. The molecular formula is C16H19N5O4. The molecule has 25 heavy (non-hydrogen) atoms. The number of aromatic nitrogens is 3. The molecule has 1 fully saturated rings. The van der Waals surface area contributed by atoms with Crippen LogP contribution in [0.15, 0.2) is 21.5 Å². The van der Waals surface area contributed by atoms with E-state index in [2.05, 4.69) is 20.4 Å². The summed E-state index contributed by atoms with van der Waals surface area (Å²) in [5.41, 5.74) is 0.427. The van der Waals surface area contributed by atoms with E-state index >= 15 is 0 Å². The Morgan fingerprint density at radius 1 is 1.36 bits per heavy atom. The van der Waals surface area contributed by atoms with Crippen molar-refractivity contribution in [1.29, 1.82) is 0 Å². The molecule has 0 saturated carbocycles. The first kappa shape index (κ1) is 16.9. The number of amides is 2. The van der Waals surface area contributed by atoms with Crippen LogP contribution in [0, 0.1) is 13.8 Å². The van der Waals surface area contributed by atoms with Gasteiger partial charge in [-0.1, -0.05) is 5.16 Å². The van der Waals surface area contributed by atoms with E-state index in [4.69, 9.17) is 4.52 Å². The van der Waals surface area contributed by atoms with Gasteiger partial charge in [-0.25, -0.2) is 4.98 Å². The van der Waals surface area contributed by atoms with Crippen LogP contribution in [0.2, 0.25) is 0 Å². The lowest BCUT2D eigenvalue weighted by Crippen LogP contribution is -2.45. The van der Waals surface area contributed by atoms with Gasteiger partial charge in [0.1, 0.15) is 11.6 Å². The van der Waals surface area contributed by atoms with E-state index < -0.39 is 11.8 Å². The quantitative estimate of drug-likeness (QED) is 0.774. The zero-order chi connectivity index (χ0) is 18.0. The van der Waals surface area contributed by atoms with Gasteiger partial charge >= 0.3 is 11.8 Å². The summed E-state index contributed by atoms with van der Waals surface area (Å²) in [6.07, 6.45) is 1.55. The topological polar surface area (TPSA) is 121 Å². The third-order valence-corrected chi connectivity index (χ3v) is 4.07. The number of H-pyrrole nitrogens is 1. The first-order valence-corrected chi connectivity index (χ1v) is 8.04. The molecule has 3 heterocycles. The fourth-order valence-corrected chi connectivity index (χ4v) is 2.95.